The zero-order valence-electron chi connectivity index (χ0n) is 45.4. The SMILES string of the molecule is Cn1c(=O)n(C2CCC(=O)NC2=O)c2ccc(C[C@H]3CC[C@@H](CC(=O)N4CC[C@H]5CC[C@@H](C(=O)N[C@@H](CCC(N)=O)C(=O)NCc6ccc(S(C)(=O)=O)cc6Cl)N5C(=O)[C@@H](NC(=O)c5cc6cc(C(=O)P(=O)(O)O)ccc6[nH]5)C4)CC3)cc21. The van der Waals surface area contributed by atoms with E-state index >= 15 is 4.79 Å². The van der Waals surface area contributed by atoms with Gasteiger partial charge in [-0.15, -0.1) is 0 Å². The number of fused-ring (bicyclic) bond motifs is 3. The number of piperidine rings is 1. The van der Waals surface area contributed by atoms with Crippen LogP contribution in [0, 0.1) is 11.8 Å². The molecule has 9 rings (SSSR count). The van der Waals surface area contributed by atoms with E-state index in [9.17, 15) is 65.9 Å². The van der Waals surface area contributed by atoms with Crippen LogP contribution in [0.15, 0.2) is 70.4 Å². The number of aromatic nitrogens is 3. The molecule has 8 amide bonds. The third kappa shape index (κ3) is 13.5. The molecule has 4 fully saturated rings. The minimum atomic E-state index is -5.14. The number of amides is 8. The maximum atomic E-state index is 15.0. The summed E-state index contributed by atoms with van der Waals surface area (Å²) in [7, 11) is -7.08. The number of aryl methyl sites for hydroxylation is 1. The number of benzene rings is 3. The molecule has 28 heteroatoms. The number of rotatable bonds is 18. The predicted octanol–water partition coefficient (Wildman–Crippen LogP) is 2.37. The van der Waals surface area contributed by atoms with Crippen LogP contribution in [0.25, 0.3) is 21.9 Å². The number of hydrogen-bond donors (Lipinski definition) is 8. The third-order valence-corrected chi connectivity index (χ3v) is 18.6. The highest BCUT2D eigenvalue weighted by Gasteiger charge is 2.46. The van der Waals surface area contributed by atoms with Gasteiger partial charge in [-0.3, -0.25) is 62.2 Å². The minimum Gasteiger partial charge on any atom is -0.370 e. The number of nitrogens with two attached hydrogens (primary N) is 1. The third-order valence-electron chi connectivity index (χ3n) is 16.4. The van der Waals surface area contributed by atoms with Crippen molar-refractivity contribution in [1.82, 2.24) is 45.2 Å². The van der Waals surface area contributed by atoms with Crippen LogP contribution in [0.4, 0.5) is 0 Å². The molecule has 2 aromatic heterocycles. The van der Waals surface area contributed by atoms with E-state index < -0.39 is 88.6 Å². The summed E-state index contributed by atoms with van der Waals surface area (Å²) in [5.74, 6) is -4.58. The van der Waals surface area contributed by atoms with Gasteiger partial charge in [-0.05, 0) is 136 Å². The molecule has 83 heavy (non-hydrogen) atoms. The van der Waals surface area contributed by atoms with Crippen molar-refractivity contribution in [1.29, 1.82) is 0 Å². The van der Waals surface area contributed by atoms with Crippen molar-refractivity contribution < 1.29 is 65.9 Å². The number of halogens is 1. The molecule has 1 aliphatic carbocycles. The lowest BCUT2D eigenvalue weighted by molar-refractivity contribution is -0.146. The van der Waals surface area contributed by atoms with E-state index in [0.717, 1.165) is 37.5 Å². The van der Waals surface area contributed by atoms with Crippen LogP contribution in [-0.2, 0) is 68.0 Å². The average molecular weight is 1200 g/mol. The Morgan fingerprint density at radius 3 is 2.30 bits per heavy atom. The highest BCUT2D eigenvalue weighted by molar-refractivity contribution is 7.90. The van der Waals surface area contributed by atoms with Crippen molar-refractivity contribution in [2.75, 3.05) is 19.3 Å². The maximum absolute atomic E-state index is 15.0. The lowest BCUT2D eigenvalue weighted by Crippen LogP contribution is -2.62. The summed E-state index contributed by atoms with van der Waals surface area (Å²) in [5.41, 5.74) is 6.22. The number of nitrogens with zero attached hydrogens (tertiary/aromatic N) is 4. The number of imide groups is 1. The number of primary amides is 1. The van der Waals surface area contributed by atoms with Crippen molar-refractivity contribution in [3.8, 4) is 0 Å². The fourth-order valence-corrected chi connectivity index (χ4v) is 13.3. The zero-order chi connectivity index (χ0) is 59.8. The summed E-state index contributed by atoms with van der Waals surface area (Å²) in [5, 5.41) is 10.7. The van der Waals surface area contributed by atoms with Crippen LogP contribution >= 0.6 is 19.2 Å². The second-order valence-corrected chi connectivity index (χ2v) is 26.0. The van der Waals surface area contributed by atoms with Crippen LogP contribution in [0.3, 0.4) is 0 Å². The van der Waals surface area contributed by atoms with E-state index in [2.05, 4.69) is 26.3 Å². The Hall–Kier alpha value is -7.51. The molecule has 5 atom stereocenters. The van der Waals surface area contributed by atoms with E-state index in [0.29, 0.717) is 35.0 Å². The van der Waals surface area contributed by atoms with E-state index in [4.69, 9.17) is 17.3 Å². The van der Waals surface area contributed by atoms with Crippen LogP contribution in [0.2, 0.25) is 5.02 Å². The summed E-state index contributed by atoms with van der Waals surface area (Å²) in [4.78, 5) is 159. The second-order valence-electron chi connectivity index (χ2n) is 22.1. The lowest BCUT2D eigenvalue weighted by atomic mass is 9.78. The van der Waals surface area contributed by atoms with E-state index in [1.165, 1.54) is 56.5 Å². The first-order chi connectivity index (χ1) is 39.2. The number of hydrogen-bond acceptors (Lipinski definition) is 13. The fraction of sp³-hybridized carbons (Fsp3) is 0.455. The van der Waals surface area contributed by atoms with Crippen LogP contribution in [0.1, 0.15) is 115 Å². The monoisotopic (exact) mass is 1200 g/mol. The standard InChI is InChI=1S/C55H64ClN10O15PS/c1-63-45-22-31(7-14-42(45)66(55(63)76)44-16-18-47(68)62-52(44)73)21-29-3-5-30(6-4-29)23-48(69)64-20-19-35-10-15-43(51(72)60-39(13-17-46(57)67)49(70)58-27-33-8-11-36(26-37(33)56)83(2,80)81)65(35)53(74)41(28-64)61-50(71)40-25-34-24-32(9-12-38(34)59-40)54(75)82(77,78)79/h7-9,11-12,14,22,24-26,29-30,35,39,41,43-44,59H,3-6,10,13,15-21,23,27-28H2,1-2H3,(H2,57,67)(H,58,70)(H,60,72)(H,61,71)(H,62,68,73)(H2,77,78,79)/t29-,30+,35-,39+,41+,43+,44?/m1/s1. The molecule has 442 valence electrons. The van der Waals surface area contributed by atoms with Crippen LogP contribution < -0.4 is 32.7 Å². The number of carbonyl (C=O) groups excluding carboxylic acids is 9. The summed E-state index contributed by atoms with van der Waals surface area (Å²) in [6, 6.07) is 9.48. The van der Waals surface area contributed by atoms with Gasteiger partial charge in [-0.1, -0.05) is 23.7 Å². The Balaban J connectivity index is 0.893. The molecule has 0 spiro atoms. The molecule has 1 saturated carbocycles. The van der Waals surface area contributed by atoms with Gasteiger partial charge in [-0.2, -0.15) is 0 Å². The number of carbonyl (C=O) groups is 9. The molecule has 4 aliphatic rings. The van der Waals surface area contributed by atoms with Crippen LogP contribution in [0.5, 0.6) is 0 Å². The van der Waals surface area contributed by atoms with Gasteiger partial charge in [0.15, 0.2) is 9.84 Å². The van der Waals surface area contributed by atoms with Crippen LogP contribution in [-0.4, -0.2) is 138 Å². The Morgan fingerprint density at radius 1 is 0.880 bits per heavy atom. The van der Waals surface area contributed by atoms with Gasteiger partial charge in [0.1, 0.15) is 29.9 Å². The number of sulfone groups is 1. The predicted molar refractivity (Wildman–Crippen MR) is 300 cm³/mol. The van der Waals surface area contributed by atoms with Gasteiger partial charge in [0.25, 0.3) is 11.4 Å². The van der Waals surface area contributed by atoms with Crippen molar-refractivity contribution >= 4 is 104 Å². The highest BCUT2D eigenvalue weighted by atomic mass is 35.5. The second kappa shape index (κ2) is 24.4. The Labute approximate surface area is 480 Å². The first-order valence-electron chi connectivity index (χ1n) is 27.3. The Morgan fingerprint density at radius 2 is 1.61 bits per heavy atom. The van der Waals surface area contributed by atoms with E-state index in [1.807, 2.05) is 18.2 Å². The van der Waals surface area contributed by atoms with Gasteiger partial charge < -0.3 is 46.3 Å². The van der Waals surface area contributed by atoms with Crippen molar-refractivity contribution in [3.05, 3.63) is 98.6 Å². The van der Waals surface area contributed by atoms with Gasteiger partial charge in [0, 0.05) is 79.7 Å². The normalized spacial score (nSPS) is 21.9. The molecule has 0 radical (unpaired) electrons. The number of imidazole rings is 1. The molecule has 0 bridgehead atoms. The zero-order valence-corrected chi connectivity index (χ0v) is 47.9. The number of nitrogens with one attached hydrogen (secondary N) is 5. The van der Waals surface area contributed by atoms with Gasteiger partial charge >= 0.3 is 13.3 Å². The molecule has 1 unspecified atom stereocenters. The van der Waals surface area contributed by atoms with Gasteiger partial charge in [-0.25, -0.2) is 13.2 Å². The van der Waals surface area contributed by atoms with Gasteiger partial charge in [0.05, 0.1) is 15.9 Å². The summed E-state index contributed by atoms with van der Waals surface area (Å²) in [6.45, 7) is -0.317. The van der Waals surface area contributed by atoms with E-state index in [1.54, 1.807) is 11.9 Å². The first kappa shape index (κ1) is 60.1. The molecule has 3 aliphatic heterocycles. The molecular weight excluding hydrogens is 1140 g/mol. The topological polar surface area (TPSA) is 369 Å². The lowest BCUT2D eigenvalue weighted by Gasteiger charge is -2.39. The quantitative estimate of drug-likeness (QED) is 0.0461. The molecule has 3 aromatic carbocycles. The Kier molecular flexibility index (Phi) is 17.6. The fourth-order valence-electron chi connectivity index (χ4n) is 11.9. The van der Waals surface area contributed by atoms with E-state index in [-0.39, 0.29) is 120 Å². The summed E-state index contributed by atoms with van der Waals surface area (Å²) >= 11 is 6.35. The first-order valence-corrected chi connectivity index (χ1v) is 31.1. The molecule has 5 aromatic rings. The highest BCUT2D eigenvalue weighted by Crippen LogP contribution is 2.40. The summed E-state index contributed by atoms with van der Waals surface area (Å²) < 4.78 is 38.8. The molecule has 25 nitrogen and oxygen atoms in total. The smallest absolute Gasteiger partial charge is 0.370 e. The summed E-state index contributed by atoms with van der Waals surface area (Å²) in [6.07, 6.45) is 5.50. The average Bonchev–Trinajstić information content (AvgIpc) is 2.84. The Bertz CT molecular complexity index is 3720. The largest absolute Gasteiger partial charge is 0.396 e. The van der Waals surface area contributed by atoms with Crippen molar-refractivity contribution in [3.63, 3.8) is 0 Å². The number of H-pyrrole nitrogens is 1. The van der Waals surface area contributed by atoms with Crippen molar-refractivity contribution in [2.24, 2.45) is 24.6 Å². The molecule has 3 saturated heterocycles. The molecular formula is C55H64ClN10O15PS. The molecule has 9 N–H and O–H groups in total. The van der Waals surface area contributed by atoms with Gasteiger partial charge in [0.2, 0.25) is 41.4 Å². The maximum Gasteiger partial charge on any atom is 0.396 e. The van der Waals surface area contributed by atoms with Crippen molar-refractivity contribution in [2.45, 2.75) is 125 Å². The minimum absolute atomic E-state index is 0.000613. The number of aromatic amines is 1. The molecule has 5 heterocycles.